The Morgan fingerprint density at radius 2 is 1.94 bits per heavy atom. The van der Waals surface area contributed by atoms with E-state index in [1.807, 2.05) is 0 Å². The van der Waals surface area contributed by atoms with Gasteiger partial charge in [-0.1, -0.05) is 18.2 Å². The van der Waals surface area contributed by atoms with Crippen LogP contribution < -0.4 is 5.32 Å². The van der Waals surface area contributed by atoms with Gasteiger partial charge in [-0.25, -0.2) is 0 Å². The highest BCUT2D eigenvalue weighted by Gasteiger charge is 2.32. The van der Waals surface area contributed by atoms with Crippen LogP contribution in [0.3, 0.4) is 0 Å². The molecule has 0 aromatic heterocycles. The Hall–Kier alpha value is -0.880. The Balaban J connectivity index is 2.66. The quantitative estimate of drug-likeness (QED) is 0.897. The fourth-order valence-electron chi connectivity index (χ4n) is 1.48. The Kier molecular flexibility index (Phi) is 5.34. The number of halogens is 3. The molecule has 18 heavy (non-hydrogen) atoms. The van der Waals surface area contributed by atoms with Gasteiger partial charge in [0.05, 0.1) is 5.56 Å². The van der Waals surface area contributed by atoms with E-state index in [-0.39, 0.29) is 17.4 Å². The van der Waals surface area contributed by atoms with Crippen LogP contribution in [0.2, 0.25) is 0 Å². The van der Waals surface area contributed by atoms with Gasteiger partial charge in [0, 0.05) is 35.4 Å². The Bertz CT molecular complexity index is 420. The van der Waals surface area contributed by atoms with Gasteiger partial charge in [0.1, 0.15) is 0 Å². The monoisotopic (exact) mass is 279 g/mol. The van der Waals surface area contributed by atoms with E-state index in [0.29, 0.717) is 6.54 Å². The van der Waals surface area contributed by atoms with Gasteiger partial charge < -0.3 is 5.32 Å². The summed E-state index contributed by atoms with van der Waals surface area (Å²) in [5, 5.41) is 2.82. The van der Waals surface area contributed by atoms with Gasteiger partial charge in [0.2, 0.25) is 0 Å². The van der Waals surface area contributed by atoms with Gasteiger partial charge in [-0.3, -0.25) is 4.21 Å². The summed E-state index contributed by atoms with van der Waals surface area (Å²) < 4.78 is 49.2. The maximum atomic E-state index is 12.7. The second-order valence-electron chi connectivity index (χ2n) is 4.10. The largest absolute Gasteiger partial charge is 0.416 e. The number of benzene rings is 1. The number of hydrogen-bond acceptors (Lipinski definition) is 2. The summed E-state index contributed by atoms with van der Waals surface area (Å²) in [5.74, 6) is 0. The first-order chi connectivity index (χ1) is 8.32. The lowest BCUT2D eigenvalue weighted by Crippen LogP contribution is -2.28. The van der Waals surface area contributed by atoms with E-state index >= 15 is 0 Å². The SMILES string of the molecule is CC(CNCc1ccccc1C(F)(F)F)S(C)=O. The summed E-state index contributed by atoms with van der Waals surface area (Å²) >= 11 is 0. The molecule has 1 aromatic rings. The molecule has 0 heterocycles. The minimum Gasteiger partial charge on any atom is -0.311 e. The average molecular weight is 279 g/mol. The summed E-state index contributed by atoms with van der Waals surface area (Å²) in [6.45, 7) is 2.34. The van der Waals surface area contributed by atoms with Crippen LogP contribution in [-0.2, 0) is 23.5 Å². The Morgan fingerprint density at radius 1 is 1.33 bits per heavy atom. The van der Waals surface area contributed by atoms with E-state index < -0.39 is 22.5 Å². The molecule has 1 aromatic carbocycles. The van der Waals surface area contributed by atoms with Gasteiger partial charge >= 0.3 is 6.18 Å². The molecule has 0 amide bonds. The van der Waals surface area contributed by atoms with Crippen LogP contribution in [0.15, 0.2) is 24.3 Å². The molecular formula is C12H16F3NOS. The molecule has 1 N–H and O–H groups in total. The Labute approximate surface area is 107 Å². The fraction of sp³-hybridized carbons (Fsp3) is 0.500. The predicted molar refractivity (Wildman–Crippen MR) is 66.7 cm³/mol. The summed E-state index contributed by atoms with van der Waals surface area (Å²) in [4.78, 5) is 0. The number of alkyl halides is 3. The molecular weight excluding hydrogens is 263 g/mol. The lowest BCUT2D eigenvalue weighted by Gasteiger charge is -2.14. The van der Waals surface area contributed by atoms with E-state index in [2.05, 4.69) is 5.32 Å². The van der Waals surface area contributed by atoms with Crippen LogP contribution in [0.1, 0.15) is 18.1 Å². The molecule has 0 spiro atoms. The second-order valence-corrected chi connectivity index (χ2v) is 5.90. The molecule has 0 bridgehead atoms. The van der Waals surface area contributed by atoms with Crippen molar-refractivity contribution in [2.75, 3.05) is 12.8 Å². The zero-order chi connectivity index (χ0) is 13.8. The van der Waals surface area contributed by atoms with Crippen LogP contribution in [0.4, 0.5) is 13.2 Å². The maximum absolute atomic E-state index is 12.7. The summed E-state index contributed by atoms with van der Waals surface area (Å²) in [7, 11) is -0.975. The van der Waals surface area contributed by atoms with Crippen LogP contribution >= 0.6 is 0 Å². The highest BCUT2D eigenvalue weighted by molar-refractivity contribution is 7.84. The van der Waals surface area contributed by atoms with Gasteiger partial charge in [-0.05, 0) is 18.6 Å². The highest BCUT2D eigenvalue weighted by Crippen LogP contribution is 2.31. The molecule has 102 valence electrons. The van der Waals surface area contributed by atoms with Crippen molar-refractivity contribution in [2.24, 2.45) is 0 Å². The van der Waals surface area contributed by atoms with E-state index in [1.54, 1.807) is 19.2 Å². The fourth-order valence-corrected chi connectivity index (χ4v) is 1.83. The minimum absolute atomic E-state index is 0.0805. The van der Waals surface area contributed by atoms with Crippen molar-refractivity contribution in [1.82, 2.24) is 5.32 Å². The molecule has 0 radical (unpaired) electrons. The average Bonchev–Trinajstić information content (AvgIpc) is 2.28. The zero-order valence-corrected chi connectivity index (χ0v) is 11.1. The third kappa shape index (κ3) is 4.42. The summed E-state index contributed by atoms with van der Waals surface area (Å²) in [6.07, 6.45) is -2.76. The van der Waals surface area contributed by atoms with Crippen molar-refractivity contribution in [3.8, 4) is 0 Å². The molecule has 2 unspecified atom stereocenters. The first-order valence-electron chi connectivity index (χ1n) is 5.50. The van der Waals surface area contributed by atoms with Crippen LogP contribution in [-0.4, -0.2) is 22.3 Å². The molecule has 0 saturated heterocycles. The minimum atomic E-state index is -4.34. The van der Waals surface area contributed by atoms with E-state index in [4.69, 9.17) is 0 Å². The number of hydrogen-bond donors (Lipinski definition) is 1. The third-order valence-electron chi connectivity index (χ3n) is 2.64. The zero-order valence-electron chi connectivity index (χ0n) is 10.3. The van der Waals surface area contributed by atoms with Crippen molar-refractivity contribution in [3.05, 3.63) is 35.4 Å². The molecule has 0 aliphatic rings. The van der Waals surface area contributed by atoms with Crippen molar-refractivity contribution < 1.29 is 17.4 Å². The molecule has 6 heteroatoms. The molecule has 2 nitrogen and oxygen atoms in total. The van der Waals surface area contributed by atoms with Gasteiger partial charge in [-0.2, -0.15) is 13.2 Å². The normalized spacial score (nSPS) is 15.4. The molecule has 0 aliphatic heterocycles. The summed E-state index contributed by atoms with van der Waals surface area (Å²) in [5.41, 5.74) is -0.415. The van der Waals surface area contributed by atoms with Gasteiger partial charge in [-0.15, -0.1) is 0 Å². The molecule has 0 fully saturated rings. The summed E-state index contributed by atoms with van der Waals surface area (Å²) in [6, 6.07) is 5.46. The van der Waals surface area contributed by atoms with Crippen LogP contribution in [0, 0.1) is 0 Å². The maximum Gasteiger partial charge on any atom is 0.416 e. The van der Waals surface area contributed by atoms with Crippen LogP contribution in [0.25, 0.3) is 0 Å². The van der Waals surface area contributed by atoms with Crippen molar-refractivity contribution in [2.45, 2.75) is 24.9 Å². The first kappa shape index (κ1) is 15.2. The third-order valence-corrected chi connectivity index (χ3v) is 3.94. The number of nitrogens with one attached hydrogen (secondary N) is 1. The van der Waals surface area contributed by atoms with E-state index in [9.17, 15) is 17.4 Å². The van der Waals surface area contributed by atoms with Gasteiger partial charge in [0.15, 0.2) is 0 Å². The lowest BCUT2D eigenvalue weighted by atomic mass is 10.1. The molecule has 1 rings (SSSR count). The second kappa shape index (κ2) is 6.33. The predicted octanol–water partition coefficient (Wildman–Crippen LogP) is 2.56. The number of rotatable bonds is 5. The van der Waals surface area contributed by atoms with Crippen molar-refractivity contribution in [1.29, 1.82) is 0 Å². The highest BCUT2D eigenvalue weighted by atomic mass is 32.2. The Morgan fingerprint density at radius 3 is 2.50 bits per heavy atom. The standard InChI is InChI=1S/C12H16F3NOS/c1-9(18(2)17)7-16-8-10-5-3-4-6-11(10)12(13,14)15/h3-6,9,16H,7-8H2,1-2H3. The van der Waals surface area contributed by atoms with E-state index in [0.717, 1.165) is 6.07 Å². The molecule has 0 saturated carbocycles. The first-order valence-corrected chi connectivity index (χ1v) is 7.12. The topological polar surface area (TPSA) is 29.1 Å². The smallest absolute Gasteiger partial charge is 0.311 e. The van der Waals surface area contributed by atoms with Crippen molar-refractivity contribution >= 4 is 10.8 Å². The van der Waals surface area contributed by atoms with Gasteiger partial charge in [0.25, 0.3) is 0 Å². The van der Waals surface area contributed by atoms with Crippen molar-refractivity contribution in [3.63, 3.8) is 0 Å². The molecule has 0 aliphatic carbocycles. The van der Waals surface area contributed by atoms with E-state index in [1.165, 1.54) is 12.1 Å². The molecule has 2 atom stereocenters. The van der Waals surface area contributed by atoms with Crippen LogP contribution in [0.5, 0.6) is 0 Å². The lowest BCUT2D eigenvalue weighted by molar-refractivity contribution is -0.138.